The van der Waals surface area contributed by atoms with Gasteiger partial charge in [-0.3, -0.25) is 9.59 Å². The average molecular weight is 357 g/mol. The van der Waals surface area contributed by atoms with E-state index in [1.165, 1.54) is 0 Å². The third-order valence-electron chi connectivity index (χ3n) is 4.61. The highest BCUT2D eigenvalue weighted by molar-refractivity contribution is 6.30. The summed E-state index contributed by atoms with van der Waals surface area (Å²) in [6.07, 6.45) is 4.18. The fraction of sp³-hybridized carbons (Fsp3) is 0.300. The van der Waals surface area contributed by atoms with Gasteiger partial charge in [0.2, 0.25) is 5.91 Å². The molecule has 1 fully saturated rings. The molecule has 1 saturated carbocycles. The molecule has 3 rings (SSSR count). The maximum absolute atomic E-state index is 13.0. The molecule has 2 amide bonds. The second-order valence-electron chi connectivity index (χ2n) is 6.43. The van der Waals surface area contributed by atoms with Gasteiger partial charge in [0.05, 0.1) is 0 Å². The SMILES string of the molecule is O=C(NC1(C(=O)Nc2cccc(Cl)c2)CCCCC1)c1ccccc1. The molecule has 0 saturated heterocycles. The molecule has 2 N–H and O–H groups in total. The van der Waals surface area contributed by atoms with Gasteiger partial charge in [-0.25, -0.2) is 0 Å². The van der Waals surface area contributed by atoms with Gasteiger partial charge in [-0.15, -0.1) is 0 Å². The highest BCUT2D eigenvalue weighted by Crippen LogP contribution is 2.30. The monoisotopic (exact) mass is 356 g/mol. The smallest absolute Gasteiger partial charge is 0.252 e. The van der Waals surface area contributed by atoms with Gasteiger partial charge >= 0.3 is 0 Å². The van der Waals surface area contributed by atoms with Crippen LogP contribution in [0.5, 0.6) is 0 Å². The van der Waals surface area contributed by atoms with Crippen LogP contribution in [0.4, 0.5) is 5.69 Å². The van der Waals surface area contributed by atoms with Gasteiger partial charge in [-0.2, -0.15) is 0 Å². The zero-order valence-electron chi connectivity index (χ0n) is 13.9. The number of rotatable bonds is 4. The van der Waals surface area contributed by atoms with Crippen molar-refractivity contribution in [2.24, 2.45) is 0 Å². The van der Waals surface area contributed by atoms with Crippen molar-refractivity contribution in [3.05, 3.63) is 65.2 Å². The highest BCUT2D eigenvalue weighted by Gasteiger charge is 2.41. The average Bonchev–Trinajstić information content (AvgIpc) is 2.63. The van der Waals surface area contributed by atoms with Crippen LogP contribution in [0.25, 0.3) is 0 Å². The van der Waals surface area contributed by atoms with Gasteiger partial charge in [0.15, 0.2) is 0 Å². The predicted octanol–water partition coefficient (Wildman–Crippen LogP) is 4.41. The van der Waals surface area contributed by atoms with Gasteiger partial charge in [0.1, 0.15) is 5.54 Å². The minimum Gasteiger partial charge on any atom is -0.338 e. The number of carbonyl (C=O) groups excluding carboxylic acids is 2. The van der Waals surface area contributed by atoms with E-state index in [4.69, 9.17) is 11.6 Å². The number of nitrogens with one attached hydrogen (secondary N) is 2. The second-order valence-corrected chi connectivity index (χ2v) is 6.86. The molecule has 0 heterocycles. The van der Waals surface area contributed by atoms with E-state index in [-0.39, 0.29) is 11.8 Å². The highest BCUT2D eigenvalue weighted by atomic mass is 35.5. The summed E-state index contributed by atoms with van der Waals surface area (Å²) in [6.45, 7) is 0. The van der Waals surface area contributed by atoms with Crippen molar-refractivity contribution < 1.29 is 9.59 Å². The summed E-state index contributed by atoms with van der Waals surface area (Å²) < 4.78 is 0. The van der Waals surface area contributed by atoms with Gasteiger partial charge in [0, 0.05) is 16.3 Å². The lowest BCUT2D eigenvalue weighted by Gasteiger charge is -2.36. The third-order valence-corrected chi connectivity index (χ3v) is 4.85. The largest absolute Gasteiger partial charge is 0.338 e. The summed E-state index contributed by atoms with van der Waals surface area (Å²) in [7, 11) is 0. The molecule has 0 radical (unpaired) electrons. The Morgan fingerprint density at radius 3 is 2.32 bits per heavy atom. The van der Waals surface area contributed by atoms with E-state index in [0.29, 0.717) is 29.1 Å². The topological polar surface area (TPSA) is 58.2 Å². The Kier molecular flexibility index (Phi) is 5.39. The van der Waals surface area contributed by atoms with Gasteiger partial charge in [-0.05, 0) is 43.2 Å². The molecule has 0 bridgehead atoms. The van der Waals surface area contributed by atoms with Crippen LogP contribution >= 0.6 is 11.6 Å². The molecule has 0 atom stereocenters. The second kappa shape index (κ2) is 7.70. The van der Waals surface area contributed by atoms with Crippen LogP contribution < -0.4 is 10.6 Å². The quantitative estimate of drug-likeness (QED) is 0.852. The Labute approximate surface area is 152 Å². The molecule has 25 heavy (non-hydrogen) atoms. The molecule has 1 aliphatic rings. The van der Waals surface area contributed by atoms with Crippen molar-refractivity contribution in [3.63, 3.8) is 0 Å². The molecule has 0 aliphatic heterocycles. The van der Waals surface area contributed by atoms with E-state index < -0.39 is 5.54 Å². The first-order valence-electron chi connectivity index (χ1n) is 8.54. The number of halogens is 1. The van der Waals surface area contributed by atoms with E-state index in [0.717, 1.165) is 19.3 Å². The molecule has 0 spiro atoms. The summed E-state index contributed by atoms with van der Waals surface area (Å²) >= 11 is 5.99. The Hall–Kier alpha value is -2.33. The summed E-state index contributed by atoms with van der Waals surface area (Å²) in [5.41, 5.74) is 0.312. The van der Waals surface area contributed by atoms with Crippen molar-refractivity contribution in [2.75, 3.05) is 5.32 Å². The number of carbonyl (C=O) groups is 2. The maximum Gasteiger partial charge on any atom is 0.252 e. The molecule has 4 nitrogen and oxygen atoms in total. The Morgan fingerprint density at radius 1 is 0.920 bits per heavy atom. The minimum absolute atomic E-state index is 0.182. The predicted molar refractivity (Wildman–Crippen MR) is 99.8 cm³/mol. The lowest BCUT2D eigenvalue weighted by Crippen LogP contribution is -2.57. The van der Waals surface area contributed by atoms with E-state index >= 15 is 0 Å². The first-order valence-corrected chi connectivity index (χ1v) is 8.91. The molecular weight excluding hydrogens is 336 g/mol. The molecule has 2 aromatic rings. The number of amides is 2. The van der Waals surface area contributed by atoms with Crippen LogP contribution in [-0.4, -0.2) is 17.4 Å². The van der Waals surface area contributed by atoms with Crippen molar-refractivity contribution in [2.45, 2.75) is 37.6 Å². The summed E-state index contributed by atoms with van der Waals surface area (Å²) in [5, 5.41) is 6.47. The Morgan fingerprint density at radius 2 is 1.64 bits per heavy atom. The number of hydrogen-bond donors (Lipinski definition) is 2. The molecule has 0 aromatic heterocycles. The van der Waals surface area contributed by atoms with Gasteiger partial charge in [0.25, 0.3) is 5.91 Å². The molecule has 1 aliphatic carbocycles. The van der Waals surface area contributed by atoms with Crippen molar-refractivity contribution in [1.29, 1.82) is 0 Å². The van der Waals surface area contributed by atoms with E-state index in [1.807, 2.05) is 18.2 Å². The van der Waals surface area contributed by atoms with Crippen molar-refractivity contribution in [1.82, 2.24) is 5.32 Å². The number of benzene rings is 2. The van der Waals surface area contributed by atoms with Crippen LogP contribution in [0.2, 0.25) is 5.02 Å². The van der Waals surface area contributed by atoms with Crippen LogP contribution in [-0.2, 0) is 4.79 Å². The lowest BCUT2D eigenvalue weighted by molar-refractivity contribution is -0.123. The summed E-state index contributed by atoms with van der Waals surface area (Å²) in [6, 6.07) is 16.0. The summed E-state index contributed by atoms with van der Waals surface area (Å²) in [5.74, 6) is -0.400. The molecular formula is C20H21ClN2O2. The van der Waals surface area contributed by atoms with Gasteiger partial charge < -0.3 is 10.6 Å². The van der Waals surface area contributed by atoms with Crippen LogP contribution in [0.3, 0.4) is 0 Å². The standard InChI is InChI=1S/C20H21ClN2O2/c21-16-10-7-11-17(14-16)22-19(25)20(12-5-2-6-13-20)23-18(24)15-8-3-1-4-9-15/h1,3-4,7-11,14H,2,5-6,12-13H2,(H,22,25)(H,23,24). The van der Waals surface area contributed by atoms with Crippen molar-refractivity contribution >= 4 is 29.1 Å². The minimum atomic E-state index is -0.881. The fourth-order valence-electron chi connectivity index (χ4n) is 3.26. The van der Waals surface area contributed by atoms with E-state index in [2.05, 4.69) is 10.6 Å². The third kappa shape index (κ3) is 4.20. The number of anilines is 1. The Balaban J connectivity index is 1.80. The summed E-state index contributed by atoms with van der Waals surface area (Å²) in [4.78, 5) is 25.6. The normalized spacial score (nSPS) is 16.0. The van der Waals surface area contributed by atoms with Crippen LogP contribution in [0, 0.1) is 0 Å². The van der Waals surface area contributed by atoms with E-state index in [1.54, 1.807) is 36.4 Å². The number of hydrogen-bond acceptors (Lipinski definition) is 2. The zero-order chi connectivity index (χ0) is 17.7. The van der Waals surface area contributed by atoms with Crippen LogP contribution in [0.1, 0.15) is 42.5 Å². The first-order chi connectivity index (χ1) is 12.1. The van der Waals surface area contributed by atoms with Crippen LogP contribution in [0.15, 0.2) is 54.6 Å². The fourth-order valence-corrected chi connectivity index (χ4v) is 3.45. The molecule has 2 aromatic carbocycles. The first kappa shape index (κ1) is 17.5. The Bertz CT molecular complexity index is 755. The van der Waals surface area contributed by atoms with Crippen molar-refractivity contribution in [3.8, 4) is 0 Å². The molecule has 0 unspecified atom stereocenters. The maximum atomic E-state index is 13.0. The molecule has 5 heteroatoms. The van der Waals surface area contributed by atoms with E-state index in [9.17, 15) is 9.59 Å². The van der Waals surface area contributed by atoms with Gasteiger partial charge in [-0.1, -0.05) is 55.1 Å². The molecule has 130 valence electrons. The zero-order valence-corrected chi connectivity index (χ0v) is 14.7. The lowest BCUT2D eigenvalue weighted by atomic mass is 9.80.